The maximum absolute atomic E-state index is 13.2. The first-order valence-electron chi connectivity index (χ1n) is 6.39. The maximum atomic E-state index is 13.2. The van der Waals surface area contributed by atoms with E-state index in [0.29, 0.717) is 17.1 Å². The molecule has 0 aliphatic heterocycles. The second-order valence-corrected chi connectivity index (χ2v) is 4.58. The van der Waals surface area contributed by atoms with Crippen molar-refractivity contribution in [2.45, 2.75) is 12.5 Å². The summed E-state index contributed by atoms with van der Waals surface area (Å²) in [5.41, 5.74) is 1.12. The molecule has 1 atom stereocenters. The molecule has 3 nitrogen and oxygen atoms in total. The summed E-state index contributed by atoms with van der Waals surface area (Å²) in [6.07, 6.45) is -0.677. The van der Waals surface area contributed by atoms with Crippen LogP contribution in [0.15, 0.2) is 36.4 Å². The van der Waals surface area contributed by atoms with E-state index in [1.54, 1.807) is 18.2 Å². The lowest BCUT2D eigenvalue weighted by atomic mass is 10.0. The Bertz CT molecular complexity index is 629. The van der Waals surface area contributed by atoms with Crippen molar-refractivity contribution in [2.24, 2.45) is 0 Å². The minimum Gasteiger partial charge on any atom is -0.493 e. The van der Waals surface area contributed by atoms with Crippen molar-refractivity contribution >= 4 is 0 Å². The van der Waals surface area contributed by atoms with Gasteiger partial charge in [-0.05, 0) is 35.4 Å². The van der Waals surface area contributed by atoms with Crippen LogP contribution < -0.4 is 9.47 Å². The van der Waals surface area contributed by atoms with E-state index in [1.165, 1.54) is 20.3 Å². The summed E-state index contributed by atoms with van der Waals surface area (Å²) in [4.78, 5) is 0. The van der Waals surface area contributed by atoms with Crippen molar-refractivity contribution in [3.8, 4) is 11.5 Å². The minimum atomic E-state index is -0.973. The number of hydrogen-bond donors (Lipinski definition) is 1. The standard InChI is InChI=1S/C16H16F2O3/c1-20-15-6-3-10(8-16(15)21-2)7-14(19)11-4-5-12(17)13(18)9-11/h3-6,8-9,14,19H,7H2,1-2H3. The van der Waals surface area contributed by atoms with Crippen LogP contribution in [0.3, 0.4) is 0 Å². The van der Waals surface area contributed by atoms with Crippen LogP contribution in [-0.4, -0.2) is 19.3 Å². The van der Waals surface area contributed by atoms with Crippen molar-refractivity contribution in [3.63, 3.8) is 0 Å². The number of benzene rings is 2. The quantitative estimate of drug-likeness (QED) is 0.920. The van der Waals surface area contributed by atoms with Crippen LogP contribution in [-0.2, 0) is 6.42 Å². The summed E-state index contributed by atoms with van der Waals surface area (Å²) in [5, 5.41) is 10.1. The molecule has 0 aromatic heterocycles. The highest BCUT2D eigenvalue weighted by atomic mass is 19.2. The molecule has 21 heavy (non-hydrogen) atoms. The monoisotopic (exact) mass is 294 g/mol. The third kappa shape index (κ3) is 3.49. The van der Waals surface area contributed by atoms with Crippen molar-refractivity contribution in [3.05, 3.63) is 59.2 Å². The highest BCUT2D eigenvalue weighted by Crippen LogP contribution is 2.29. The van der Waals surface area contributed by atoms with E-state index < -0.39 is 17.7 Å². The number of methoxy groups -OCH3 is 2. The normalized spacial score (nSPS) is 12.0. The van der Waals surface area contributed by atoms with Gasteiger partial charge < -0.3 is 14.6 Å². The second-order valence-electron chi connectivity index (χ2n) is 4.58. The number of aliphatic hydroxyl groups excluding tert-OH is 1. The number of ether oxygens (including phenoxy) is 2. The first-order valence-corrected chi connectivity index (χ1v) is 6.39. The van der Waals surface area contributed by atoms with E-state index in [4.69, 9.17) is 9.47 Å². The van der Waals surface area contributed by atoms with Crippen LogP contribution in [0.4, 0.5) is 8.78 Å². The van der Waals surface area contributed by atoms with Crippen LogP contribution in [0.25, 0.3) is 0 Å². The molecule has 5 heteroatoms. The predicted molar refractivity (Wildman–Crippen MR) is 74.6 cm³/mol. The van der Waals surface area contributed by atoms with Crippen molar-refractivity contribution < 1.29 is 23.4 Å². The molecule has 0 radical (unpaired) electrons. The maximum Gasteiger partial charge on any atom is 0.160 e. The van der Waals surface area contributed by atoms with Gasteiger partial charge in [-0.25, -0.2) is 8.78 Å². The van der Waals surface area contributed by atoms with Gasteiger partial charge in [0.2, 0.25) is 0 Å². The summed E-state index contributed by atoms with van der Waals surface area (Å²) < 4.78 is 36.4. The lowest BCUT2D eigenvalue weighted by molar-refractivity contribution is 0.177. The Morgan fingerprint density at radius 2 is 1.67 bits per heavy atom. The van der Waals surface area contributed by atoms with Crippen LogP contribution in [0.2, 0.25) is 0 Å². The number of aliphatic hydroxyl groups is 1. The highest BCUT2D eigenvalue weighted by molar-refractivity contribution is 5.43. The topological polar surface area (TPSA) is 38.7 Å². The fourth-order valence-corrected chi connectivity index (χ4v) is 2.07. The molecular formula is C16H16F2O3. The highest BCUT2D eigenvalue weighted by Gasteiger charge is 2.13. The predicted octanol–water partition coefficient (Wildman–Crippen LogP) is 3.26. The molecule has 1 unspecified atom stereocenters. The Balaban J connectivity index is 2.18. The van der Waals surface area contributed by atoms with Gasteiger partial charge in [0.05, 0.1) is 20.3 Å². The SMILES string of the molecule is COc1ccc(CC(O)c2ccc(F)c(F)c2)cc1OC. The average Bonchev–Trinajstić information content (AvgIpc) is 2.49. The molecular weight excluding hydrogens is 278 g/mol. The molecule has 1 N–H and O–H groups in total. The Labute approximate surface area is 121 Å². The zero-order valence-corrected chi connectivity index (χ0v) is 11.8. The van der Waals surface area contributed by atoms with Gasteiger partial charge in [0, 0.05) is 6.42 Å². The minimum absolute atomic E-state index is 0.255. The molecule has 2 aromatic carbocycles. The van der Waals surface area contributed by atoms with Gasteiger partial charge in [0.1, 0.15) is 0 Å². The van der Waals surface area contributed by atoms with E-state index >= 15 is 0 Å². The van der Waals surface area contributed by atoms with Gasteiger partial charge in [-0.3, -0.25) is 0 Å². The lowest BCUT2D eigenvalue weighted by Crippen LogP contribution is -2.03. The molecule has 0 saturated heterocycles. The van der Waals surface area contributed by atoms with Crippen LogP contribution in [0.1, 0.15) is 17.2 Å². The largest absolute Gasteiger partial charge is 0.493 e. The lowest BCUT2D eigenvalue weighted by Gasteiger charge is -2.13. The Morgan fingerprint density at radius 3 is 2.29 bits per heavy atom. The van der Waals surface area contributed by atoms with Gasteiger partial charge in [-0.1, -0.05) is 12.1 Å². The first-order chi connectivity index (χ1) is 10.0. The molecule has 0 fully saturated rings. The number of hydrogen-bond acceptors (Lipinski definition) is 3. The third-order valence-corrected chi connectivity index (χ3v) is 3.21. The molecule has 0 bridgehead atoms. The molecule has 0 aliphatic rings. The van der Waals surface area contributed by atoms with Crippen LogP contribution in [0.5, 0.6) is 11.5 Å². The smallest absolute Gasteiger partial charge is 0.160 e. The molecule has 2 aromatic rings. The third-order valence-electron chi connectivity index (χ3n) is 3.21. The zero-order valence-electron chi connectivity index (χ0n) is 11.8. The summed E-state index contributed by atoms with van der Waals surface area (Å²) in [6.45, 7) is 0. The summed E-state index contributed by atoms with van der Waals surface area (Å²) in [6, 6.07) is 8.62. The number of halogens is 2. The summed E-state index contributed by atoms with van der Waals surface area (Å²) >= 11 is 0. The van der Waals surface area contributed by atoms with E-state index in [9.17, 15) is 13.9 Å². The van der Waals surface area contributed by atoms with Gasteiger partial charge >= 0.3 is 0 Å². The fourth-order valence-electron chi connectivity index (χ4n) is 2.07. The second kappa shape index (κ2) is 6.54. The first kappa shape index (κ1) is 15.3. The molecule has 0 heterocycles. The Hall–Kier alpha value is -2.14. The van der Waals surface area contributed by atoms with Crippen molar-refractivity contribution in [1.29, 1.82) is 0 Å². The van der Waals surface area contributed by atoms with E-state index in [-0.39, 0.29) is 6.42 Å². The van der Waals surface area contributed by atoms with Gasteiger partial charge in [0.25, 0.3) is 0 Å². The molecule has 2 rings (SSSR count). The number of rotatable bonds is 5. The summed E-state index contributed by atoms with van der Waals surface area (Å²) in [5.74, 6) is -0.771. The van der Waals surface area contributed by atoms with Gasteiger partial charge in [-0.2, -0.15) is 0 Å². The van der Waals surface area contributed by atoms with Crippen LogP contribution >= 0.6 is 0 Å². The molecule has 0 aliphatic carbocycles. The molecule has 0 saturated carbocycles. The summed E-state index contributed by atoms with van der Waals surface area (Å²) in [7, 11) is 3.06. The average molecular weight is 294 g/mol. The van der Waals surface area contributed by atoms with Crippen LogP contribution in [0, 0.1) is 11.6 Å². The Kier molecular flexibility index (Phi) is 4.75. The van der Waals surface area contributed by atoms with E-state index in [2.05, 4.69) is 0 Å². The molecule has 0 amide bonds. The van der Waals surface area contributed by atoms with E-state index in [1.807, 2.05) is 0 Å². The van der Waals surface area contributed by atoms with Crippen molar-refractivity contribution in [2.75, 3.05) is 14.2 Å². The van der Waals surface area contributed by atoms with Gasteiger partial charge in [0.15, 0.2) is 23.1 Å². The molecule has 0 spiro atoms. The Morgan fingerprint density at radius 1 is 0.952 bits per heavy atom. The zero-order chi connectivity index (χ0) is 15.4. The fraction of sp³-hybridized carbons (Fsp3) is 0.250. The van der Waals surface area contributed by atoms with Gasteiger partial charge in [-0.15, -0.1) is 0 Å². The molecule has 112 valence electrons. The van der Waals surface area contributed by atoms with Crippen molar-refractivity contribution in [1.82, 2.24) is 0 Å². The van der Waals surface area contributed by atoms with E-state index in [0.717, 1.165) is 17.7 Å².